The van der Waals surface area contributed by atoms with Crippen LogP contribution in [0.15, 0.2) is 53.4 Å². The Morgan fingerprint density at radius 1 is 1.04 bits per heavy atom. The normalized spacial score (nSPS) is 16.1. The SMILES string of the molecule is Cc1ccc(S(=O)(=O)N[C@@H](C)c2ccccc2)cc1C(=O)N1CCCCC1. The Morgan fingerprint density at radius 3 is 2.37 bits per heavy atom. The number of carbonyl (C=O) groups is 1. The minimum atomic E-state index is -3.73. The van der Waals surface area contributed by atoms with Crippen molar-refractivity contribution >= 4 is 15.9 Å². The van der Waals surface area contributed by atoms with E-state index in [0.29, 0.717) is 5.56 Å². The van der Waals surface area contributed by atoms with Crippen LogP contribution in [0.4, 0.5) is 0 Å². The number of hydrogen-bond donors (Lipinski definition) is 1. The zero-order valence-corrected chi connectivity index (χ0v) is 16.6. The highest BCUT2D eigenvalue weighted by Gasteiger charge is 2.24. The fourth-order valence-corrected chi connectivity index (χ4v) is 4.63. The number of sulfonamides is 1. The van der Waals surface area contributed by atoms with Gasteiger partial charge in [-0.1, -0.05) is 36.4 Å². The molecule has 1 saturated heterocycles. The minimum Gasteiger partial charge on any atom is -0.339 e. The van der Waals surface area contributed by atoms with Gasteiger partial charge in [0.25, 0.3) is 5.91 Å². The molecular formula is C21H26N2O3S. The van der Waals surface area contributed by atoms with Crippen LogP contribution in [-0.4, -0.2) is 32.3 Å². The maximum atomic E-state index is 12.9. The molecular weight excluding hydrogens is 360 g/mol. The minimum absolute atomic E-state index is 0.0830. The first kappa shape index (κ1) is 19.6. The molecule has 0 aliphatic carbocycles. The van der Waals surface area contributed by atoms with E-state index < -0.39 is 10.0 Å². The summed E-state index contributed by atoms with van der Waals surface area (Å²) in [6.45, 7) is 5.12. The summed E-state index contributed by atoms with van der Waals surface area (Å²) < 4.78 is 28.4. The lowest BCUT2D eigenvalue weighted by molar-refractivity contribution is 0.0723. The van der Waals surface area contributed by atoms with Crippen molar-refractivity contribution in [1.82, 2.24) is 9.62 Å². The number of benzene rings is 2. The van der Waals surface area contributed by atoms with Gasteiger partial charge in [0.1, 0.15) is 0 Å². The topological polar surface area (TPSA) is 66.5 Å². The van der Waals surface area contributed by atoms with Gasteiger partial charge in [0, 0.05) is 24.7 Å². The van der Waals surface area contributed by atoms with E-state index in [-0.39, 0.29) is 16.8 Å². The van der Waals surface area contributed by atoms with Crippen LogP contribution in [0.1, 0.15) is 53.7 Å². The largest absolute Gasteiger partial charge is 0.339 e. The van der Waals surface area contributed by atoms with Crippen LogP contribution in [0, 0.1) is 6.92 Å². The molecule has 1 N–H and O–H groups in total. The number of rotatable bonds is 5. The van der Waals surface area contributed by atoms with Gasteiger partial charge in [-0.25, -0.2) is 13.1 Å². The number of amides is 1. The van der Waals surface area contributed by atoms with Gasteiger partial charge in [-0.3, -0.25) is 4.79 Å². The number of likely N-dealkylation sites (tertiary alicyclic amines) is 1. The number of hydrogen-bond acceptors (Lipinski definition) is 3. The average Bonchev–Trinajstić information content (AvgIpc) is 2.68. The summed E-state index contributed by atoms with van der Waals surface area (Å²) in [5.41, 5.74) is 2.14. The Balaban J connectivity index is 1.84. The molecule has 1 amide bonds. The zero-order chi connectivity index (χ0) is 19.4. The molecule has 27 heavy (non-hydrogen) atoms. The molecule has 2 aromatic carbocycles. The summed E-state index contributed by atoms with van der Waals surface area (Å²) in [7, 11) is -3.73. The molecule has 1 aliphatic heterocycles. The molecule has 1 fully saturated rings. The highest BCUT2D eigenvalue weighted by Crippen LogP contribution is 2.22. The predicted octanol–water partition coefficient (Wildman–Crippen LogP) is 3.66. The third-order valence-corrected chi connectivity index (χ3v) is 6.56. The van der Waals surface area contributed by atoms with E-state index in [9.17, 15) is 13.2 Å². The lowest BCUT2D eigenvalue weighted by atomic mass is 10.1. The second-order valence-corrected chi connectivity index (χ2v) is 8.80. The third kappa shape index (κ3) is 4.57. The van der Waals surface area contributed by atoms with Crippen molar-refractivity contribution in [3.8, 4) is 0 Å². The molecule has 0 unspecified atom stereocenters. The lowest BCUT2D eigenvalue weighted by Crippen LogP contribution is -2.36. The van der Waals surface area contributed by atoms with Crippen LogP contribution in [0.5, 0.6) is 0 Å². The Hall–Kier alpha value is -2.18. The Bertz CT molecular complexity index is 904. The molecule has 1 atom stereocenters. The molecule has 0 bridgehead atoms. The van der Waals surface area contributed by atoms with E-state index >= 15 is 0 Å². The molecule has 0 saturated carbocycles. The molecule has 1 aliphatic rings. The summed E-state index contributed by atoms with van der Waals surface area (Å²) >= 11 is 0. The fraction of sp³-hybridized carbons (Fsp3) is 0.381. The van der Waals surface area contributed by atoms with Crippen molar-refractivity contribution in [3.05, 3.63) is 65.2 Å². The van der Waals surface area contributed by atoms with Crippen LogP contribution in [0.2, 0.25) is 0 Å². The van der Waals surface area contributed by atoms with Gasteiger partial charge < -0.3 is 4.90 Å². The number of piperidine rings is 1. The summed E-state index contributed by atoms with van der Waals surface area (Å²) in [4.78, 5) is 14.8. The molecule has 6 heteroatoms. The second-order valence-electron chi connectivity index (χ2n) is 7.08. The maximum Gasteiger partial charge on any atom is 0.254 e. The van der Waals surface area contributed by atoms with Gasteiger partial charge in [0.05, 0.1) is 4.90 Å². The monoisotopic (exact) mass is 386 g/mol. The molecule has 1 heterocycles. The van der Waals surface area contributed by atoms with Crippen LogP contribution in [0.25, 0.3) is 0 Å². The van der Waals surface area contributed by atoms with Gasteiger partial charge in [0.15, 0.2) is 0 Å². The highest BCUT2D eigenvalue weighted by atomic mass is 32.2. The van der Waals surface area contributed by atoms with E-state index in [1.54, 1.807) is 19.1 Å². The van der Waals surface area contributed by atoms with Gasteiger partial charge >= 0.3 is 0 Å². The van der Waals surface area contributed by atoms with Gasteiger partial charge in [-0.2, -0.15) is 0 Å². The quantitative estimate of drug-likeness (QED) is 0.853. The highest BCUT2D eigenvalue weighted by molar-refractivity contribution is 7.89. The van der Waals surface area contributed by atoms with Crippen molar-refractivity contribution in [2.24, 2.45) is 0 Å². The van der Waals surface area contributed by atoms with Gasteiger partial charge in [-0.05, 0) is 56.4 Å². The summed E-state index contributed by atoms with van der Waals surface area (Å²) in [6.07, 6.45) is 3.14. The summed E-state index contributed by atoms with van der Waals surface area (Å²) in [6, 6.07) is 13.8. The number of nitrogens with one attached hydrogen (secondary N) is 1. The maximum absolute atomic E-state index is 12.9. The van der Waals surface area contributed by atoms with Gasteiger partial charge in [0.2, 0.25) is 10.0 Å². The average molecular weight is 387 g/mol. The second kappa shape index (κ2) is 8.23. The molecule has 0 aromatic heterocycles. The van der Waals surface area contributed by atoms with Crippen LogP contribution in [0.3, 0.4) is 0 Å². The van der Waals surface area contributed by atoms with E-state index in [1.807, 2.05) is 42.2 Å². The molecule has 3 rings (SSSR count). The standard InChI is InChI=1S/C21H26N2O3S/c1-16-11-12-19(15-20(16)21(24)23-13-7-4-8-14-23)27(25,26)22-17(2)18-9-5-3-6-10-18/h3,5-6,9-12,15,17,22H,4,7-8,13-14H2,1-2H3/t17-/m0/s1. The molecule has 0 spiro atoms. The third-order valence-electron chi connectivity index (χ3n) is 5.02. The van der Waals surface area contributed by atoms with Crippen molar-refractivity contribution in [2.75, 3.05) is 13.1 Å². The predicted molar refractivity (Wildman–Crippen MR) is 106 cm³/mol. The number of aryl methyl sites for hydroxylation is 1. The zero-order valence-electron chi connectivity index (χ0n) is 15.8. The van der Waals surface area contributed by atoms with Crippen LogP contribution < -0.4 is 4.72 Å². The fourth-order valence-electron chi connectivity index (χ4n) is 3.38. The first-order valence-corrected chi connectivity index (χ1v) is 10.8. The van der Waals surface area contributed by atoms with Gasteiger partial charge in [-0.15, -0.1) is 0 Å². The lowest BCUT2D eigenvalue weighted by Gasteiger charge is -2.27. The first-order chi connectivity index (χ1) is 12.9. The van der Waals surface area contributed by atoms with Crippen molar-refractivity contribution in [3.63, 3.8) is 0 Å². The Kier molecular flexibility index (Phi) is 5.97. The summed E-state index contributed by atoms with van der Waals surface area (Å²) in [5.74, 6) is -0.0830. The van der Waals surface area contributed by atoms with Crippen LogP contribution >= 0.6 is 0 Å². The molecule has 144 valence electrons. The van der Waals surface area contributed by atoms with E-state index in [4.69, 9.17) is 0 Å². The number of nitrogens with zero attached hydrogens (tertiary/aromatic N) is 1. The number of carbonyl (C=O) groups excluding carboxylic acids is 1. The van der Waals surface area contributed by atoms with Crippen molar-refractivity contribution in [2.45, 2.75) is 44.0 Å². The van der Waals surface area contributed by atoms with Crippen molar-refractivity contribution in [1.29, 1.82) is 0 Å². The summed E-state index contributed by atoms with van der Waals surface area (Å²) in [5, 5.41) is 0. The molecule has 2 aromatic rings. The Morgan fingerprint density at radius 2 is 1.70 bits per heavy atom. The van der Waals surface area contributed by atoms with E-state index in [2.05, 4.69) is 4.72 Å². The molecule has 0 radical (unpaired) electrons. The van der Waals surface area contributed by atoms with E-state index in [1.165, 1.54) is 6.07 Å². The smallest absolute Gasteiger partial charge is 0.254 e. The van der Waals surface area contributed by atoms with Crippen LogP contribution in [-0.2, 0) is 10.0 Å². The molecule has 5 nitrogen and oxygen atoms in total. The van der Waals surface area contributed by atoms with Crippen molar-refractivity contribution < 1.29 is 13.2 Å². The van der Waals surface area contributed by atoms with E-state index in [0.717, 1.165) is 43.5 Å². The first-order valence-electron chi connectivity index (χ1n) is 9.36. The Labute approximate surface area is 161 Å².